The summed E-state index contributed by atoms with van der Waals surface area (Å²) in [6.45, 7) is 7.08. The van der Waals surface area contributed by atoms with Gasteiger partial charge in [0.15, 0.2) is 0 Å². The van der Waals surface area contributed by atoms with Gasteiger partial charge in [-0.15, -0.1) is 0 Å². The summed E-state index contributed by atoms with van der Waals surface area (Å²) in [6, 6.07) is 14.3. The number of carbonyl (C=O) groups excluding carboxylic acids is 2. The van der Waals surface area contributed by atoms with Crippen LogP contribution >= 0.6 is 39.1 Å². The van der Waals surface area contributed by atoms with E-state index in [1.165, 1.54) is 0 Å². The SMILES string of the molecule is CN(Cc1ccc(Oc2ccc(Cl)c(Cl)c2)cc1Br)C(=O)c1cccnc1C1CCN(C(=O)OC(C)(C)C)CC1. The Morgan fingerprint density at radius 2 is 1.73 bits per heavy atom. The number of rotatable bonds is 6. The van der Waals surface area contributed by atoms with Gasteiger partial charge in [-0.3, -0.25) is 9.78 Å². The molecule has 10 heteroatoms. The van der Waals surface area contributed by atoms with Crippen LogP contribution in [-0.4, -0.2) is 52.5 Å². The van der Waals surface area contributed by atoms with Gasteiger partial charge in [0, 0.05) is 49.3 Å². The Bertz CT molecular complexity index is 1390. The monoisotopic (exact) mass is 647 g/mol. The Balaban J connectivity index is 1.41. The highest BCUT2D eigenvalue weighted by Crippen LogP contribution is 2.33. The number of hydrogen-bond donors (Lipinski definition) is 0. The zero-order valence-electron chi connectivity index (χ0n) is 22.9. The molecule has 3 aromatic rings. The smallest absolute Gasteiger partial charge is 0.410 e. The minimum atomic E-state index is -0.535. The first kappa shape index (κ1) is 30.2. The molecule has 0 N–H and O–H groups in total. The third-order valence-electron chi connectivity index (χ3n) is 6.51. The number of carbonyl (C=O) groups is 2. The molecular weight excluding hydrogens is 617 g/mol. The molecule has 2 heterocycles. The van der Waals surface area contributed by atoms with E-state index in [-0.39, 0.29) is 17.9 Å². The lowest BCUT2D eigenvalue weighted by molar-refractivity contribution is 0.0203. The Morgan fingerprint density at radius 3 is 2.38 bits per heavy atom. The van der Waals surface area contributed by atoms with Gasteiger partial charge < -0.3 is 19.3 Å². The number of nitrogens with zero attached hydrogens (tertiary/aromatic N) is 3. The lowest BCUT2D eigenvalue weighted by atomic mass is 9.90. The second-order valence-corrected chi connectivity index (χ2v) is 12.4. The first-order valence-electron chi connectivity index (χ1n) is 13.0. The number of likely N-dealkylation sites (tertiary alicyclic amines) is 1. The third kappa shape index (κ3) is 7.68. The predicted octanol–water partition coefficient (Wildman–Crippen LogP) is 8.33. The fourth-order valence-corrected chi connectivity index (χ4v) is 5.29. The molecular formula is C30H32BrCl2N3O4. The van der Waals surface area contributed by atoms with Crippen molar-refractivity contribution in [1.82, 2.24) is 14.8 Å². The van der Waals surface area contributed by atoms with Crippen molar-refractivity contribution in [2.45, 2.75) is 51.7 Å². The number of ether oxygens (including phenoxy) is 2. The zero-order valence-corrected chi connectivity index (χ0v) is 26.0. The molecule has 1 aliphatic rings. The fraction of sp³-hybridized carbons (Fsp3) is 0.367. The minimum Gasteiger partial charge on any atom is -0.457 e. The number of pyridine rings is 1. The molecule has 212 valence electrons. The summed E-state index contributed by atoms with van der Waals surface area (Å²) in [7, 11) is 1.77. The van der Waals surface area contributed by atoms with E-state index in [4.69, 9.17) is 32.7 Å². The second kappa shape index (κ2) is 12.8. The molecule has 0 unspecified atom stereocenters. The van der Waals surface area contributed by atoms with Gasteiger partial charge in [0.25, 0.3) is 5.91 Å². The van der Waals surface area contributed by atoms with Crippen LogP contribution in [0.3, 0.4) is 0 Å². The summed E-state index contributed by atoms with van der Waals surface area (Å²) in [5, 5.41) is 0.875. The maximum atomic E-state index is 13.6. The Labute approximate surface area is 253 Å². The second-order valence-electron chi connectivity index (χ2n) is 10.8. The van der Waals surface area contributed by atoms with Crippen molar-refractivity contribution in [3.8, 4) is 11.5 Å². The van der Waals surface area contributed by atoms with Crippen molar-refractivity contribution in [1.29, 1.82) is 0 Å². The van der Waals surface area contributed by atoms with Crippen molar-refractivity contribution >= 4 is 51.1 Å². The van der Waals surface area contributed by atoms with Crippen LogP contribution in [0.4, 0.5) is 4.79 Å². The van der Waals surface area contributed by atoms with E-state index in [2.05, 4.69) is 20.9 Å². The lowest BCUT2D eigenvalue weighted by Crippen LogP contribution is -2.41. The average molecular weight is 649 g/mol. The molecule has 1 aliphatic heterocycles. The molecule has 0 atom stereocenters. The van der Waals surface area contributed by atoms with Gasteiger partial charge in [0.05, 0.1) is 21.3 Å². The van der Waals surface area contributed by atoms with Crippen LogP contribution in [-0.2, 0) is 11.3 Å². The molecule has 1 saturated heterocycles. The summed E-state index contributed by atoms with van der Waals surface area (Å²) in [5.41, 5.74) is 1.74. The zero-order chi connectivity index (χ0) is 29.0. The molecule has 2 amide bonds. The van der Waals surface area contributed by atoms with Crippen LogP contribution in [0.2, 0.25) is 10.0 Å². The molecule has 0 bridgehead atoms. The van der Waals surface area contributed by atoms with Crippen LogP contribution in [0.15, 0.2) is 59.2 Å². The third-order valence-corrected chi connectivity index (χ3v) is 7.99. The normalized spacial score (nSPS) is 14.1. The summed E-state index contributed by atoms with van der Waals surface area (Å²) >= 11 is 15.7. The van der Waals surface area contributed by atoms with Gasteiger partial charge >= 0.3 is 6.09 Å². The van der Waals surface area contributed by atoms with Gasteiger partial charge in [0.2, 0.25) is 0 Å². The molecule has 0 radical (unpaired) electrons. The fourth-order valence-electron chi connectivity index (χ4n) is 4.51. The maximum Gasteiger partial charge on any atom is 0.410 e. The summed E-state index contributed by atoms with van der Waals surface area (Å²) in [5.74, 6) is 1.16. The summed E-state index contributed by atoms with van der Waals surface area (Å²) in [4.78, 5) is 34.0. The molecule has 2 aromatic carbocycles. The van der Waals surface area contributed by atoms with Crippen molar-refractivity contribution in [2.75, 3.05) is 20.1 Å². The predicted molar refractivity (Wildman–Crippen MR) is 160 cm³/mol. The van der Waals surface area contributed by atoms with Crippen LogP contribution in [0.25, 0.3) is 0 Å². The number of halogens is 3. The van der Waals surface area contributed by atoms with E-state index >= 15 is 0 Å². The number of aromatic nitrogens is 1. The van der Waals surface area contributed by atoms with Gasteiger partial charge in [-0.2, -0.15) is 0 Å². The van der Waals surface area contributed by atoms with E-state index in [1.807, 2.05) is 45.0 Å². The van der Waals surface area contributed by atoms with Crippen LogP contribution in [0.5, 0.6) is 11.5 Å². The van der Waals surface area contributed by atoms with E-state index < -0.39 is 5.60 Å². The summed E-state index contributed by atoms with van der Waals surface area (Å²) < 4.78 is 12.2. The van der Waals surface area contributed by atoms with Crippen molar-refractivity contribution in [3.63, 3.8) is 0 Å². The number of piperidine rings is 1. The first-order chi connectivity index (χ1) is 18.9. The number of hydrogen-bond acceptors (Lipinski definition) is 5. The Kier molecular flexibility index (Phi) is 9.64. The van der Waals surface area contributed by atoms with Gasteiger partial charge in [-0.1, -0.05) is 45.2 Å². The maximum absolute atomic E-state index is 13.6. The van der Waals surface area contributed by atoms with Crippen LogP contribution in [0.1, 0.15) is 61.1 Å². The van der Waals surface area contributed by atoms with E-state index in [1.54, 1.807) is 47.3 Å². The lowest BCUT2D eigenvalue weighted by Gasteiger charge is -2.33. The molecule has 4 rings (SSSR count). The van der Waals surface area contributed by atoms with E-state index in [9.17, 15) is 9.59 Å². The molecule has 7 nitrogen and oxygen atoms in total. The standard InChI is InChI=1S/C30H32BrCl2N3O4/c1-30(2,3)40-29(38)36-14-11-19(12-15-36)27-23(6-5-13-34-27)28(37)35(4)18-20-7-8-21(16-24(20)31)39-22-9-10-25(32)26(33)17-22/h5-10,13,16-17,19H,11-12,14-15,18H2,1-4H3. The van der Waals surface area contributed by atoms with Crippen molar-refractivity contribution < 1.29 is 19.1 Å². The number of amides is 2. The largest absolute Gasteiger partial charge is 0.457 e. The van der Waals surface area contributed by atoms with Crippen LogP contribution in [0, 0.1) is 0 Å². The van der Waals surface area contributed by atoms with Crippen molar-refractivity contribution in [2.24, 2.45) is 0 Å². The molecule has 1 fully saturated rings. The first-order valence-corrected chi connectivity index (χ1v) is 14.6. The Morgan fingerprint density at radius 1 is 1.05 bits per heavy atom. The molecule has 0 saturated carbocycles. The molecule has 1 aromatic heterocycles. The van der Waals surface area contributed by atoms with Gasteiger partial charge in [-0.05, 0) is 75.6 Å². The van der Waals surface area contributed by atoms with Gasteiger partial charge in [-0.25, -0.2) is 4.79 Å². The quantitative estimate of drug-likeness (QED) is 0.269. The van der Waals surface area contributed by atoms with Crippen molar-refractivity contribution in [3.05, 3.63) is 86.1 Å². The molecule has 40 heavy (non-hydrogen) atoms. The average Bonchev–Trinajstić information content (AvgIpc) is 2.91. The Hall–Kier alpha value is -2.81. The molecule has 0 spiro atoms. The highest BCUT2D eigenvalue weighted by atomic mass is 79.9. The van der Waals surface area contributed by atoms with Crippen LogP contribution < -0.4 is 4.74 Å². The summed E-state index contributed by atoms with van der Waals surface area (Å²) in [6.07, 6.45) is 2.84. The highest BCUT2D eigenvalue weighted by Gasteiger charge is 2.30. The number of benzene rings is 2. The van der Waals surface area contributed by atoms with Gasteiger partial charge in [0.1, 0.15) is 17.1 Å². The highest BCUT2D eigenvalue weighted by molar-refractivity contribution is 9.10. The molecule has 0 aliphatic carbocycles. The van der Waals surface area contributed by atoms with E-state index in [0.29, 0.717) is 59.6 Å². The topological polar surface area (TPSA) is 72.0 Å². The minimum absolute atomic E-state index is 0.0803. The van der Waals surface area contributed by atoms with E-state index in [0.717, 1.165) is 15.7 Å².